The largest absolute Gasteiger partial charge is 0.493 e. The number of benzene rings is 1. The van der Waals surface area contributed by atoms with E-state index in [4.69, 9.17) is 18.9 Å². The van der Waals surface area contributed by atoms with E-state index in [-0.39, 0.29) is 12.1 Å². The van der Waals surface area contributed by atoms with Gasteiger partial charge >= 0.3 is 5.97 Å². The molecule has 1 aromatic rings. The van der Waals surface area contributed by atoms with Crippen LogP contribution in [0, 0.1) is 0 Å². The predicted octanol–water partition coefficient (Wildman–Crippen LogP) is 2.83. The zero-order valence-electron chi connectivity index (χ0n) is 13.0. The lowest BCUT2D eigenvalue weighted by Crippen LogP contribution is -2.25. The van der Waals surface area contributed by atoms with E-state index in [0.29, 0.717) is 18.1 Å². The summed E-state index contributed by atoms with van der Waals surface area (Å²) in [5.41, 5.74) is 0.837. The second kappa shape index (κ2) is 8.44. The van der Waals surface area contributed by atoms with Gasteiger partial charge in [0, 0.05) is 12.7 Å². The lowest BCUT2D eigenvalue weighted by molar-refractivity contribution is -0.143. The maximum Gasteiger partial charge on any atom is 0.330 e. The molecule has 2 rings (SSSR count). The predicted molar refractivity (Wildman–Crippen MR) is 83.1 cm³/mol. The Bertz CT molecular complexity index is 518. The zero-order valence-corrected chi connectivity index (χ0v) is 13.0. The molecule has 22 heavy (non-hydrogen) atoms. The molecule has 1 unspecified atom stereocenters. The van der Waals surface area contributed by atoms with Crippen LogP contribution in [0.15, 0.2) is 24.3 Å². The summed E-state index contributed by atoms with van der Waals surface area (Å²) < 4.78 is 21.1. The molecule has 0 aromatic heterocycles. The zero-order chi connectivity index (χ0) is 15.8. The van der Waals surface area contributed by atoms with Crippen molar-refractivity contribution < 1.29 is 23.7 Å². The molecule has 5 heteroatoms. The molecule has 5 nitrogen and oxygen atoms in total. The lowest BCUT2D eigenvalue weighted by Gasteiger charge is -2.21. The first-order valence-corrected chi connectivity index (χ1v) is 7.41. The third-order valence-electron chi connectivity index (χ3n) is 3.50. The summed E-state index contributed by atoms with van der Waals surface area (Å²) in [6.07, 6.45) is 6.29. The van der Waals surface area contributed by atoms with Crippen LogP contribution in [-0.4, -0.2) is 39.5 Å². The van der Waals surface area contributed by atoms with Gasteiger partial charge in [-0.1, -0.05) is 6.07 Å². The molecular formula is C17H22O5. The van der Waals surface area contributed by atoms with E-state index in [1.807, 2.05) is 6.07 Å². The van der Waals surface area contributed by atoms with Gasteiger partial charge in [0.1, 0.15) is 6.61 Å². The second-order valence-corrected chi connectivity index (χ2v) is 5.07. The number of ether oxygens (including phenoxy) is 4. The third-order valence-corrected chi connectivity index (χ3v) is 3.50. The van der Waals surface area contributed by atoms with E-state index >= 15 is 0 Å². The highest BCUT2D eigenvalue weighted by atomic mass is 16.6. The van der Waals surface area contributed by atoms with Crippen molar-refractivity contribution in [1.29, 1.82) is 0 Å². The molecule has 1 fully saturated rings. The van der Waals surface area contributed by atoms with Crippen LogP contribution in [0.2, 0.25) is 0 Å². The van der Waals surface area contributed by atoms with Crippen LogP contribution in [-0.2, 0) is 14.3 Å². The molecular weight excluding hydrogens is 284 g/mol. The second-order valence-electron chi connectivity index (χ2n) is 5.07. The van der Waals surface area contributed by atoms with Gasteiger partial charge in [-0.3, -0.25) is 0 Å². The topological polar surface area (TPSA) is 54.0 Å². The molecule has 1 aliphatic rings. The molecule has 1 aliphatic heterocycles. The number of methoxy groups -OCH3 is 2. The fraction of sp³-hybridized carbons (Fsp3) is 0.471. The highest BCUT2D eigenvalue weighted by Gasteiger charge is 2.15. The third kappa shape index (κ3) is 4.77. The Morgan fingerprint density at radius 1 is 1.27 bits per heavy atom. The summed E-state index contributed by atoms with van der Waals surface area (Å²) in [5.74, 6) is 0.897. The van der Waals surface area contributed by atoms with Gasteiger partial charge in [0.15, 0.2) is 11.5 Å². The van der Waals surface area contributed by atoms with Gasteiger partial charge in [-0.25, -0.2) is 4.79 Å². The number of esters is 1. The van der Waals surface area contributed by atoms with Gasteiger partial charge < -0.3 is 18.9 Å². The average Bonchev–Trinajstić information content (AvgIpc) is 2.58. The van der Waals surface area contributed by atoms with Crippen LogP contribution in [0.4, 0.5) is 0 Å². The molecule has 0 saturated carbocycles. The van der Waals surface area contributed by atoms with Gasteiger partial charge in [-0.2, -0.15) is 0 Å². The van der Waals surface area contributed by atoms with E-state index in [1.54, 1.807) is 32.4 Å². The van der Waals surface area contributed by atoms with Crippen LogP contribution in [0.5, 0.6) is 11.5 Å². The van der Waals surface area contributed by atoms with Crippen LogP contribution >= 0.6 is 0 Å². The maximum atomic E-state index is 11.7. The van der Waals surface area contributed by atoms with E-state index in [2.05, 4.69) is 0 Å². The minimum Gasteiger partial charge on any atom is -0.493 e. The van der Waals surface area contributed by atoms with Gasteiger partial charge in [0.25, 0.3) is 0 Å². The lowest BCUT2D eigenvalue weighted by atomic mass is 10.1. The average molecular weight is 306 g/mol. The van der Waals surface area contributed by atoms with Gasteiger partial charge in [-0.05, 0) is 43.0 Å². The van der Waals surface area contributed by atoms with Crippen molar-refractivity contribution in [1.82, 2.24) is 0 Å². The number of carbonyl (C=O) groups excluding carboxylic acids is 1. The Morgan fingerprint density at radius 2 is 2.09 bits per heavy atom. The minimum atomic E-state index is -0.371. The molecule has 0 amide bonds. The quantitative estimate of drug-likeness (QED) is 0.597. The monoisotopic (exact) mass is 306 g/mol. The highest BCUT2D eigenvalue weighted by Crippen LogP contribution is 2.27. The van der Waals surface area contributed by atoms with Crippen LogP contribution in [0.3, 0.4) is 0 Å². The van der Waals surface area contributed by atoms with Crippen molar-refractivity contribution in [3.63, 3.8) is 0 Å². The molecule has 0 aliphatic carbocycles. The number of rotatable bonds is 6. The van der Waals surface area contributed by atoms with Gasteiger partial charge in [0.05, 0.1) is 20.3 Å². The van der Waals surface area contributed by atoms with Crippen LogP contribution in [0.25, 0.3) is 6.08 Å². The summed E-state index contributed by atoms with van der Waals surface area (Å²) in [6, 6.07) is 5.43. The van der Waals surface area contributed by atoms with Crippen molar-refractivity contribution in [3.8, 4) is 11.5 Å². The summed E-state index contributed by atoms with van der Waals surface area (Å²) >= 11 is 0. The fourth-order valence-electron chi connectivity index (χ4n) is 2.28. The minimum absolute atomic E-state index is 0.0344. The Balaban J connectivity index is 1.86. The smallest absolute Gasteiger partial charge is 0.330 e. The van der Waals surface area contributed by atoms with E-state index in [1.165, 1.54) is 6.08 Å². The summed E-state index contributed by atoms with van der Waals surface area (Å²) in [6.45, 7) is 1.07. The normalized spacial score (nSPS) is 18.2. The Kier molecular flexibility index (Phi) is 6.27. The van der Waals surface area contributed by atoms with Crippen molar-refractivity contribution in [2.24, 2.45) is 0 Å². The van der Waals surface area contributed by atoms with Crippen LogP contribution < -0.4 is 9.47 Å². The Morgan fingerprint density at radius 3 is 2.77 bits per heavy atom. The van der Waals surface area contributed by atoms with Gasteiger partial charge in [-0.15, -0.1) is 0 Å². The molecule has 120 valence electrons. The Labute approximate surface area is 130 Å². The van der Waals surface area contributed by atoms with Crippen molar-refractivity contribution in [3.05, 3.63) is 29.8 Å². The summed E-state index contributed by atoms with van der Waals surface area (Å²) in [5, 5.41) is 0. The number of carbonyl (C=O) groups is 1. The first-order chi connectivity index (χ1) is 10.7. The number of hydrogen-bond acceptors (Lipinski definition) is 5. The molecule has 0 radical (unpaired) electrons. The Hall–Kier alpha value is -2.01. The van der Waals surface area contributed by atoms with E-state index in [0.717, 1.165) is 31.4 Å². The van der Waals surface area contributed by atoms with Crippen molar-refractivity contribution in [2.75, 3.05) is 27.4 Å². The number of hydrogen-bond donors (Lipinski definition) is 0. The molecule has 1 saturated heterocycles. The van der Waals surface area contributed by atoms with Crippen molar-refractivity contribution >= 4 is 12.0 Å². The molecule has 0 bridgehead atoms. The first kappa shape index (κ1) is 16.4. The molecule has 0 spiro atoms. The first-order valence-electron chi connectivity index (χ1n) is 7.41. The van der Waals surface area contributed by atoms with Crippen LogP contribution in [0.1, 0.15) is 24.8 Å². The summed E-state index contributed by atoms with van der Waals surface area (Å²) in [7, 11) is 3.15. The molecule has 1 atom stereocenters. The SMILES string of the molecule is COc1ccc(/C=C/C(=O)OCC2CCCCO2)cc1OC. The standard InChI is InChI=1S/C17H22O5/c1-19-15-8-6-13(11-16(15)20-2)7-9-17(18)22-12-14-5-3-4-10-21-14/h6-9,11,14H,3-5,10,12H2,1-2H3/b9-7+. The molecule has 1 aromatic carbocycles. The maximum absolute atomic E-state index is 11.7. The molecule has 1 heterocycles. The highest BCUT2D eigenvalue weighted by molar-refractivity contribution is 5.87. The molecule has 0 N–H and O–H groups in total. The van der Waals surface area contributed by atoms with Crippen molar-refractivity contribution in [2.45, 2.75) is 25.4 Å². The summed E-state index contributed by atoms with van der Waals surface area (Å²) in [4.78, 5) is 11.7. The fourth-order valence-corrected chi connectivity index (χ4v) is 2.28. The van der Waals surface area contributed by atoms with E-state index < -0.39 is 0 Å². The van der Waals surface area contributed by atoms with Gasteiger partial charge in [0.2, 0.25) is 0 Å². The van der Waals surface area contributed by atoms with E-state index in [9.17, 15) is 4.79 Å².